The summed E-state index contributed by atoms with van der Waals surface area (Å²) >= 11 is 0. The molecule has 2 rings (SSSR count). The van der Waals surface area contributed by atoms with Crippen molar-refractivity contribution in [2.45, 2.75) is 51.4 Å². The van der Waals surface area contributed by atoms with Gasteiger partial charge >= 0.3 is 0 Å². The summed E-state index contributed by atoms with van der Waals surface area (Å²) < 4.78 is 6.33. The summed E-state index contributed by atoms with van der Waals surface area (Å²) in [6, 6.07) is 0. The third kappa shape index (κ3) is 1.80. The summed E-state index contributed by atoms with van der Waals surface area (Å²) in [5.41, 5.74) is 0. The Bertz CT molecular complexity index is 338. The van der Waals surface area contributed by atoms with Gasteiger partial charge in [-0.25, -0.2) is 0 Å². The molecular formula is C13H22O2Si. The minimum atomic E-state index is -1.72. The molecule has 0 bridgehead atoms. The first-order valence-electron chi connectivity index (χ1n) is 6.11. The molecule has 0 amide bonds. The molecule has 0 N–H and O–H groups in total. The fourth-order valence-electron chi connectivity index (χ4n) is 2.17. The molecule has 0 aromatic heterocycles. The molecule has 0 heterocycles. The van der Waals surface area contributed by atoms with E-state index in [1.54, 1.807) is 0 Å². The second-order valence-electron chi connectivity index (χ2n) is 6.58. The van der Waals surface area contributed by atoms with Crippen LogP contribution in [0.15, 0.2) is 12.2 Å². The average molecular weight is 238 g/mol. The summed E-state index contributed by atoms with van der Waals surface area (Å²) in [5, 5.41) is 0.224. The van der Waals surface area contributed by atoms with Crippen LogP contribution in [0.1, 0.15) is 27.2 Å². The zero-order chi connectivity index (χ0) is 12.1. The third-order valence-electron chi connectivity index (χ3n) is 4.41. The number of ketones is 1. The Morgan fingerprint density at radius 3 is 2.31 bits per heavy atom. The molecule has 0 aromatic carbocycles. The van der Waals surface area contributed by atoms with E-state index in [0.29, 0.717) is 18.1 Å². The number of fused-ring (bicyclic) bond motifs is 1. The summed E-state index contributed by atoms with van der Waals surface area (Å²) in [7, 11) is -1.72. The molecule has 16 heavy (non-hydrogen) atoms. The molecule has 0 radical (unpaired) electrons. The number of carbonyl (C=O) groups excluding carboxylic acids is 1. The number of hydrogen-bond donors (Lipinski definition) is 0. The summed E-state index contributed by atoms with van der Waals surface area (Å²) in [4.78, 5) is 11.7. The number of Topliss-reactive ketones (excluding diaryl/α,β-unsaturated/α-hetero) is 1. The van der Waals surface area contributed by atoms with E-state index in [1.165, 1.54) is 0 Å². The molecule has 0 saturated heterocycles. The van der Waals surface area contributed by atoms with Crippen LogP contribution < -0.4 is 0 Å². The molecule has 1 fully saturated rings. The predicted octanol–water partition coefficient (Wildman–Crippen LogP) is 3.15. The molecule has 90 valence electrons. The van der Waals surface area contributed by atoms with Crippen LogP contribution in [0.4, 0.5) is 0 Å². The van der Waals surface area contributed by atoms with Gasteiger partial charge in [0.1, 0.15) is 5.78 Å². The molecule has 0 unspecified atom stereocenters. The monoisotopic (exact) mass is 238 g/mol. The maximum absolute atomic E-state index is 11.7. The fourth-order valence-corrected chi connectivity index (χ4v) is 3.52. The van der Waals surface area contributed by atoms with E-state index in [0.717, 1.165) is 0 Å². The van der Waals surface area contributed by atoms with Crippen molar-refractivity contribution in [2.24, 2.45) is 11.8 Å². The maximum Gasteiger partial charge on any atom is 0.192 e. The van der Waals surface area contributed by atoms with Crippen LogP contribution in [0, 0.1) is 11.8 Å². The van der Waals surface area contributed by atoms with Crippen LogP contribution in [-0.4, -0.2) is 20.2 Å². The first-order chi connectivity index (χ1) is 7.22. The van der Waals surface area contributed by atoms with E-state index in [4.69, 9.17) is 4.43 Å². The average Bonchev–Trinajstić information content (AvgIpc) is 2.15. The van der Waals surface area contributed by atoms with Gasteiger partial charge in [-0.2, -0.15) is 0 Å². The smallest absolute Gasteiger partial charge is 0.192 e. The summed E-state index contributed by atoms with van der Waals surface area (Å²) in [5.74, 6) is 0.924. The van der Waals surface area contributed by atoms with Gasteiger partial charge in [-0.05, 0) is 18.1 Å². The van der Waals surface area contributed by atoms with E-state index in [1.807, 2.05) is 6.08 Å². The highest BCUT2D eigenvalue weighted by atomic mass is 28.4. The minimum Gasteiger partial charge on any atom is -0.413 e. The molecule has 3 atom stereocenters. The summed E-state index contributed by atoms with van der Waals surface area (Å²) in [6.07, 6.45) is 4.95. The topological polar surface area (TPSA) is 26.3 Å². The highest BCUT2D eigenvalue weighted by molar-refractivity contribution is 6.74. The molecule has 1 saturated carbocycles. The molecule has 3 heteroatoms. The van der Waals surface area contributed by atoms with Crippen molar-refractivity contribution in [1.82, 2.24) is 0 Å². The SMILES string of the molecule is CC(C)(C)[Si](C)(C)O[C@H]1CC(=O)[C@@H]2C=C[C@H]12. The first-order valence-corrected chi connectivity index (χ1v) is 9.02. The van der Waals surface area contributed by atoms with Gasteiger partial charge < -0.3 is 4.43 Å². The third-order valence-corrected chi connectivity index (χ3v) is 8.92. The zero-order valence-corrected chi connectivity index (χ0v) is 11.9. The van der Waals surface area contributed by atoms with Crippen molar-refractivity contribution < 1.29 is 9.22 Å². The predicted molar refractivity (Wildman–Crippen MR) is 67.8 cm³/mol. The van der Waals surface area contributed by atoms with Crippen molar-refractivity contribution in [3.8, 4) is 0 Å². The van der Waals surface area contributed by atoms with Gasteiger partial charge in [-0.1, -0.05) is 32.9 Å². The second kappa shape index (κ2) is 3.54. The highest BCUT2D eigenvalue weighted by Crippen LogP contribution is 2.44. The van der Waals surface area contributed by atoms with E-state index >= 15 is 0 Å². The lowest BCUT2D eigenvalue weighted by molar-refractivity contribution is -0.120. The molecule has 0 aliphatic heterocycles. The van der Waals surface area contributed by atoms with Crippen LogP contribution in [0.3, 0.4) is 0 Å². The number of hydrogen-bond acceptors (Lipinski definition) is 2. The van der Waals surface area contributed by atoms with Crippen molar-refractivity contribution in [3.63, 3.8) is 0 Å². The van der Waals surface area contributed by atoms with Gasteiger partial charge in [0.15, 0.2) is 8.32 Å². The van der Waals surface area contributed by atoms with Gasteiger partial charge in [-0.15, -0.1) is 0 Å². The molecule has 2 aliphatic rings. The molecule has 0 aromatic rings. The van der Waals surface area contributed by atoms with Crippen molar-refractivity contribution in [2.75, 3.05) is 0 Å². The van der Waals surface area contributed by atoms with Gasteiger partial charge in [-0.3, -0.25) is 4.79 Å². The van der Waals surface area contributed by atoms with E-state index in [-0.39, 0.29) is 17.1 Å². The number of allylic oxidation sites excluding steroid dienone is 1. The Labute approximate surface area is 99.2 Å². The molecule has 2 nitrogen and oxygen atoms in total. The standard InChI is InChI=1S/C13H22O2Si/c1-13(2,3)16(4,5)15-12-8-11(14)9-6-7-10(9)12/h6-7,9-10,12H,8H2,1-5H3/t9-,10+,12+/m1/s1. The van der Waals surface area contributed by atoms with Crippen LogP contribution in [-0.2, 0) is 9.22 Å². The maximum atomic E-state index is 11.7. The Morgan fingerprint density at radius 2 is 1.94 bits per heavy atom. The normalized spacial score (nSPS) is 33.8. The summed E-state index contributed by atoms with van der Waals surface area (Å²) in [6.45, 7) is 11.2. The van der Waals surface area contributed by atoms with Crippen LogP contribution in [0.25, 0.3) is 0 Å². The van der Waals surface area contributed by atoms with Crippen molar-refractivity contribution >= 4 is 14.1 Å². The van der Waals surface area contributed by atoms with Crippen LogP contribution >= 0.6 is 0 Å². The van der Waals surface area contributed by atoms with E-state index < -0.39 is 8.32 Å². The van der Waals surface area contributed by atoms with Gasteiger partial charge in [0.05, 0.1) is 6.10 Å². The van der Waals surface area contributed by atoms with Crippen LogP contribution in [0.5, 0.6) is 0 Å². The van der Waals surface area contributed by atoms with Gasteiger partial charge in [0.2, 0.25) is 0 Å². The quantitative estimate of drug-likeness (QED) is 0.545. The number of rotatable bonds is 2. The Kier molecular flexibility index (Phi) is 2.67. The largest absolute Gasteiger partial charge is 0.413 e. The Balaban J connectivity index is 2.06. The lowest BCUT2D eigenvalue weighted by Crippen LogP contribution is -2.45. The molecule has 0 spiro atoms. The lowest BCUT2D eigenvalue weighted by atomic mass is 9.84. The minimum absolute atomic E-state index is 0.156. The number of carbonyl (C=O) groups is 1. The highest BCUT2D eigenvalue weighted by Gasteiger charge is 2.48. The zero-order valence-electron chi connectivity index (χ0n) is 10.9. The van der Waals surface area contributed by atoms with E-state index in [2.05, 4.69) is 39.9 Å². The first kappa shape index (κ1) is 12.1. The van der Waals surface area contributed by atoms with Gasteiger partial charge in [0, 0.05) is 18.3 Å². The lowest BCUT2D eigenvalue weighted by Gasteiger charge is -2.40. The van der Waals surface area contributed by atoms with Crippen LogP contribution in [0.2, 0.25) is 18.1 Å². The molecule has 2 aliphatic carbocycles. The van der Waals surface area contributed by atoms with Crippen molar-refractivity contribution in [1.29, 1.82) is 0 Å². The Hall–Kier alpha value is -0.413. The second-order valence-corrected chi connectivity index (χ2v) is 11.3. The molecular weight excluding hydrogens is 216 g/mol. The Morgan fingerprint density at radius 1 is 1.31 bits per heavy atom. The van der Waals surface area contributed by atoms with Crippen molar-refractivity contribution in [3.05, 3.63) is 12.2 Å². The van der Waals surface area contributed by atoms with E-state index in [9.17, 15) is 4.79 Å². The fraction of sp³-hybridized carbons (Fsp3) is 0.769. The van der Waals surface area contributed by atoms with Gasteiger partial charge in [0.25, 0.3) is 0 Å².